The van der Waals surface area contributed by atoms with E-state index in [1.807, 2.05) is 43.3 Å². The maximum atomic E-state index is 9.92. The number of halogens is 1. The first-order chi connectivity index (χ1) is 9.11. The topological polar surface area (TPSA) is 41.5 Å². The summed E-state index contributed by atoms with van der Waals surface area (Å²) in [6.45, 7) is 2.59. The largest absolute Gasteiger partial charge is 0.506 e. The Morgan fingerprint density at radius 2 is 2.05 bits per heavy atom. The highest BCUT2D eigenvalue weighted by molar-refractivity contribution is 9.10. The lowest BCUT2D eigenvalue weighted by Gasteiger charge is -2.12. The van der Waals surface area contributed by atoms with Crippen LogP contribution < -0.4 is 10.1 Å². The molecule has 2 aromatic rings. The van der Waals surface area contributed by atoms with E-state index in [2.05, 4.69) is 21.2 Å². The number of aromatic hydroxyl groups is 1. The molecule has 0 saturated carbocycles. The minimum atomic E-state index is 0.279. The third kappa shape index (κ3) is 3.20. The van der Waals surface area contributed by atoms with Crippen LogP contribution >= 0.6 is 15.9 Å². The predicted octanol–water partition coefficient (Wildman–Crippen LogP) is 4.08. The Bertz CT molecular complexity index is 584. The number of anilines is 1. The Morgan fingerprint density at radius 3 is 2.74 bits per heavy atom. The third-order valence-corrected chi connectivity index (χ3v) is 3.61. The second-order valence-corrected chi connectivity index (χ2v) is 5.14. The van der Waals surface area contributed by atoms with Crippen LogP contribution in [0.3, 0.4) is 0 Å². The van der Waals surface area contributed by atoms with Gasteiger partial charge in [-0.3, -0.25) is 0 Å². The summed E-state index contributed by atoms with van der Waals surface area (Å²) in [7, 11) is 1.65. The number of rotatable bonds is 4. The highest BCUT2D eigenvalue weighted by atomic mass is 79.9. The summed E-state index contributed by atoms with van der Waals surface area (Å²) in [5.41, 5.74) is 2.98. The number of phenolic OH excluding ortho intramolecular Hbond substituents is 1. The summed E-state index contributed by atoms with van der Waals surface area (Å²) in [6, 6.07) is 11.5. The first-order valence-electron chi connectivity index (χ1n) is 5.96. The maximum Gasteiger partial charge on any atom is 0.134 e. The van der Waals surface area contributed by atoms with Crippen molar-refractivity contribution in [3.05, 3.63) is 52.0 Å². The molecule has 0 aromatic heterocycles. The first kappa shape index (κ1) is 13.7. The van der Waals surface area contributed by atoms with E-state index in [0.29, 0.717) is 11.0 Å². The van der Waals surface area contributed by atoms with Crippen LogP contribution in [0.15, 0.2) is 40.9 Å². The van der Waals surface area contributed by atoms with Gasteiger partial charge in [0.1, 0.15) is 11.5 Å². The summed E-state index contributed by atoms with van der Waals surface area (Å²) in [5.74, 6) is 1.12. The van der Waals surface area contributed by atoms with Gasteiger partial charge in [-0.25, -0.2) is 0 Å². The number of ether oxygens (including phenoxy) is 1. The lowest BCUT2D eigenvalue weighted by atomic mass is 10.1. The van der Waals surface area contributed by atoms with Gasteiger partial charge in [-0.05, 0) is 52.7 Å². The van der Waals surface area contributed by atoms with E-state index in [0.717, 1.165) is 22.6 Å². The fraction of sp³-hybridized carbons (Fsp3) is 0.200. The summed E-state index contributed by atoms with van der Waals surface area (Å²) < 4.78 is 5.88. The van der Waals surface area contributed by atoms with Crippen LogP contribution in [0.4, 0.5) is 5.69 Å². The van der Waals surface area contributed by atoms with Gasteiger partial charge >= 0.3 is 0 Å². The average Bonchev–Trinajstić information content (AvgIpc) is 2.41. The van der Waals surface area contributed by atoms with E-state index < -0.39 is 0 Å². The van der Waals surface area contributed by atoms with Crippen molar-refractivity contribution < 1.29 is 9.84 Å². The molecule has 0 bridgehead atoms. The minimum absolute atomic E-state index is 0.279. The van der Waals surface area contributed by atoms with Crippen LogP contribution in [0.1, 0.15) is 11.1 Å². The van der Waals surface area contributed by atoms with Crippen LogP contribution in [0.2, 0.25) is 0 Å². The van der Waals surface area contributed by atoms with Gasteiger partial charge in [0.15, 0.2) is 0 Å². The molecule has 0 saturated heterocycles. The monoisotopic (exact) mass is 321 g/mol. The van der Waals surface area contributed by atoms with Crippen molar-refractivity contribution in [1.29, 1.82) is 0 Å². The fourth-order valence-electron chi connectivity index (χ4n) is 1.85. The Hall–Kier alpha value is -1.68. The fourth-order valence-corrected chi connectivity index (χ4v) is 2.26. The lowest BCUT2D eigenvalue weighted by molar-refractivity contribution is 0.414. The van der Waals surface area contributed by atoms with E-state index in [9.17, 15) is 5.11 Å². The zero-order valence-corrected chi connectivity index (χ0v) is 12.5. The summed E-state index contributed by atoms with van der Waals surface area (Å²) in [4.78, 5) is 0. The summed E-state index contributed by atoms with van der Waals surface area (Å²) in [5, 5.41) is 13.2. The molecule has 2 aromatic carbocycles. The number of methoxy groups -OCH3 is 1. The maximum absolute atomic E-state index is 9.92. The third-order valence-electron chi connectivity index (χ3n) is 2.97. The zero-order chi connectivity index (χ0) is 13.8. The molecule has 3 nitrogen and oxygen atoms in total. The molecule has 4 heteroatoms. The number of para-hydroxylation sites is 1. The molecule has 2 N–H and O–H groups in total. The van der Waals surface area contributed by atoms with Gasteiger partial charge in [-0.1, -0.05) is 12.1 Å². The van der Waals surface area contributed by atoms with Crippen LogP contribution in [0, 0.1) is 6.92 Å². The van der Waals surface area contributed by atoms with Crippen molar-refractivity contribution in [2.24, 2.45) is 0 Å². The number of hydrogen-bond donors (Lipinski definition) is 2. The number of benzene rings is 2. The highest BCUT2D eigenvalue weighted by Gasteiger charge is 2.05. The minimum Gasteiger partial charge on any atom is -0.506 e. The van der Waals surface area contributed by atoms with Crippen LogP contribution in [0.25, 0.3) is 0 Å². The Labute approximate surface area is 121 Å². The van der Waals surface area contributed by atoms with Gasteiger partial charge in [0, 0.05) is 17.8 Å². The molecule has 0 unspecified atom stereocenters. The molecule has 0 aliphatic heterocycles. The van der Waals surface area contributed by atoms with Gasteiger partial charge in [0.25, 0.3) is 0 Å². The van der Waals surface area contributed by atoms with Crippen molar-refractivity contribution >= 4 is 21.6 Å². The van der Waals surface area contributed by atoms with Crippen molar-refractivity contribution in [2.75, 3.05) is 12.4 Å². The molecule has 0 aliphatic rings. The molecule has 2 rings (SSSR count). The van der Waals surface area contributed by atoms with Gasteiger partial charge < -0.3 is 15.2 Å². The Morgan fingerprint density at radius 1 is 1.26 bits per heavy atom. The van der Waals surface area contributed by atoms with Crippen molar-refractivity contribution in [3.63, 3.8) is 0 Å². The lowest BCUT2D eigenvalue weighted by Crippen LogP contribution is -2.01. The molecule has 0 radical (unpaired) electrons. The van der Waals surface area contributed by atoms with Gasteiger partial charge in [0.2, 0.25) is 0 Å². The molecule has 0 aliphatic carbocycles. The number of aryl methyl sites for hydroxylation is 1. The first-order valence-corrected chi connectivity index (χ1v) is 6.76. The standard InChI is InChI=1S/C15H16BrNO2/c1-10-8-12(19-2)6-7-14(10)17-9-11-4-3-5-13(16)15(11)18/h3-8,17-18H,9H2,1-2H3. The second kappa shape index (κ2) is 5.97. The van der Waals surface area contributed by atoms with Gasteiger partial charge in [-0.2, -0.15) is 0 Å². The SMILES string of the molecule is COc1ccc(NCc2cccc(Br)c2O)c(C)c1. The average molecular weight is 322 g/mol. The van der Waals surface area contributed by atoms with Crippen LogP contribution in [0.5, 0.6) is 11.5 Å². The Balaban J connectivity index is 2.12. The highest BCUT2D eigenvalue weighted by Crippen LogP contribution is 2.28. The normalized spacial score (nSPS) is 10.3. The molecule has 0 atom stereocenters. The summed E-state index contributed by atoms with van der Waals surface area (Å²) >= 11 is 3.31. The summed E-state index contributed by atoms with van der Waals surface area (Å²) in [6.07, 6.45) is 0. The van der Waals surface area contributed by atoms with Gasteiger partial charge in [0.05, 0.1) is 11.6 Å². The zero-order valence-electron chi connectivity index (χ0n) is 10.9. The molecule has 0 amide bonds. The molecular weight excluding hydrogens is 306 g/mol. The van der Waals surface area contributed by atoms with Crippen LogP contribution in [-0.2, 0) is 6.54 Å². The van der Waals surface area contributed by atoms with E-state index >= 15 is 0 Å². The van der Waals surface area contributed by atoms with E-state index in [4.69, 9.17) is 4.74 Å². The van der Waals surface area contributed by atoms with Crippen LogP contribution in [-0.4, -0.2) is 12.2 Å². The number of phenols is 1. The molecule has 19 heavy (non-hydrogen) atoms. The van der Waals surface area contributed by atoms with E-state index in [-0.39, 0.29) is 5.75 Å². The van der Waals surface area contributed by atoms with E-state index in [1.54, 1.807) is 7.11 Å². The number of nitrogens with one attached hydrogen (secondary N) is 1. The second-order valence-electron chi connectivity index (χ2n) is 4.28. The van der Waals surface area contributed by atoms with Crippen molar-refractivity contribution in [2.45, 2.75) is 13.5 Å². The molecule has 0 heterocycles. The smallest absolute Gasteiger partial charge is 0.134 e. The van der Waals surface area contributed by atoms with Gasteiger partial charge in [-0.15, -0.1) is 0 Å². The van der Waals surface area contributed by atoms with Crippen molar-refractivity contribution in [3.8, 4) is 11.5 Å². The Kier molecular flexibility index (Phi) is 4.32. The van der Waals surface area contributed by atoms with Crippen molar-refractivity contribution in [1.82, 2.24) is 0 Å². The predicted molar refractivity (Wildman–Crippen MR) is 80.9 cm³/mol. The number of hydrogen-bond acceptors (Lipinski definition) is 3. The van der Waals surface area contributed by atoms with E-state index in [1.165, 1.54) is 0 Å². The quantitative estimate of drug-likeness (QED) is 0.891. The molecule has 100 valence electrons. The molecule has 0 fully saturated rings. The molecule has 0 spiro atoms. The molecular formula is C15H16BrNO2.